The van der Waals surface area contributed by atoms with Crippen LogP contribution in [0.2, 0.25) is 0 Å². The van der Waals surface area contributed by atoms with Gasteiger partial charge in [0.25, 0.3) is 11.6 Å². The summed E-state index contributed by atoms with van der Waals surface area (Å²) < 4.78 is 39.3. The Labute approximate surface area is 147 Å². The highest BCUT2D eigenvalue weighted by atomic mass is 19.4. The van der Waals surface area contributed by atoms with Gasteiger partial charge in [0.2, 0.25) is 0 Å². The van der Waals surface area contributed by atoms with E-state index >= 15 is 0 Å². The zero-order valence-electron chi connectivity index (χ0n) is 13.8. The Morgan fingerprint density at radius 1 is 1.19 bits per heavy atom. The van der Waals surface area contributed by atoms with E-state index in [0.717, 1.165) is 17.7 Å². The van der Waals surface area contributed by atoms with Gasteiger partial charge in [-0.1, -0.05) is 12.1 Å². The summed E-state index contributed by atoms with van der Waals surface area (Å²) in [6, 6.07) is 9.30. The number of carbonyl (C=O) groups is 1. The summed E-state index contributed by atoms with van der Waals surface area (Å²) in [5.74, 6) is -0.255. The third-order valence-corrected chi connectivity index (χ3v) is 3.66. The summed E-state index contributed by atoms with van der Waals surface area (Å²) in [7, 11) is 1.50. The Bertz CT molecular complexity index is 822. The topological polar surface area (TPSA) is 84.3 Å². The molecule has 0 aromatic heterocycles. The largest absolute Gasteiger partial charge is 0.418 e. The number of benzene rings is 2. The minimum atomic E-state index is -4.71. The summed E-state index contributed by atoms with van der Waals surface area (Å²) >= 11 is 0. The number of nitro groups is 1. The van der Waals surface area contributed by atoms with Gasteiger partial charge in [0, 0.05) is 37.0 Å². The van der Waals surface area contributed by atoms with Crippen LogP contribution in [-0.4, -0.2) is 24.4 Å². The number of amides is 1. The molecule has 9 heteroatoms. The number of hydrogen-bond acceptors (Lipinski definition) is 4. The number of rotatable bonds is 6. The molecule has 0 aliphatic rings. The average Bonchev–Trinajstić information content (AvgIpc) is 2.60. The molecule has 138 valence electrons. The van der Waals surface area contributed by atoms with Crippen LogP contribution in [0.4, 0.5) is 24.5 Å². The molecule has 0 unspecified atom stereocenters. The van der Waals surface area contributed by atoms with E-state index < -0.39 is 22.4 Å². The number of anilines is 1. The number of hydrogen-bond donors (Lipinski definition) is 2. The van der Waals surface area contributed by atoms with E-state index in [1.807, 2.05) is 0 Å². The summed E-state index contributed by atoms with van der Waals surface area (Å²) in [6.07, 6.45) is -4.34. The molecule has 0 aliphatic heterocycles. The molecule has 0 spiro atoms. The van der Waals surface area contributed by atoms with E-state index in [1.54, 1.807) is 24.3 Å². The first-order chi connectivity index (χ1) is 12.2. The van der Waals surface area contributed by atoms with Crippen molar-refractivity contribution in [3.8, 4) is 0 Å². The summed E-state index contributed by atoms with van der Waals surface area (Å²) in [4.78, 5) is 21.4. The highest BCUT2D eigenvalue weighted by Gasteiger charge is 2.35. The van der Waals surface area contributed by atoms with Crippen LogP contribution < -0.4 is 10.6 Å². The Morgan fingerprint density at radius 2 is 1.92 bits per heavy atom. The molecule has 2 rings (SSSR count). The molecule has 0 saturated carbocycles. The smallest absolute Gasteiger partial charge is 0.384 e. The van der Waals surface area contributed by atoms with Gasteiger partial charge in [0.15, 0.2) is 0 Å². The Hall–Kier alpha value is -3.10. The van der Waals surface area contributed by atoms with Crippen LogP contribution >= 0.6 is 0 Å². The molecule has 1 amide bonds. The van der Waals surface area contributed by atoms with Gasteiger partial charge < -0.3 is 10.6 Å². The van der Waals surface area contributed by atoms with Gasteiger partial charge in [-0.05, 0) is 30.2 Å². The molecule has 2 aromatic rings. The lowest BCUT2D eigenvalue weighted by Crippen LogP contribution is -2.18. The lowest BCUT2D eigenvalue weighted by atomic mass is 10.1. The molecular weight excluding hydrogens is 351 g/mol. The van der Waals surface area contributed by atoms with Crippen molar-refractivity contribution in [3.05, 3.63) is 69.3 Å². The Morgan fingerprint density at radius 3 is 2.54 bits per heavy atom. The molecule has 0 saturated heterocycles. The molecule has 0 radical (unpaired) electrons. The fraction of sp³-hybridized carbons (Fsp3) is 0.235. The zero-order valence-corrected chi connectivity index (χ0v) is 13.8. The van der Waals surface area contributed by atoms with Crippen LogP contribution in [0, 0.1) is 10.1 Å². The number of nitrogens with zero attached hydrogens (tertiary/aromatic N) is 1. The molecule has 2 aromatic carbocycles. The molecule has 6 nitrogen and oxygen atoms in total. The van der Waals surface area contributed by atoms with Crippen LogP contribution in [0.5, 0.6) is 0 Å². The summed E-state index contributed by atoms with van der Waals surface area (Å²) in [6.45, 7) is 0.165. The van der Waals surface area contributed by atoms with Crippen LogP contribution in [0.1, 0.15) is 21.5 Å². The fourth-order valence-corrected chi connectivity index (χ4v) is 2.39. The number of carbonyl (C=O) groups excluding carboxylic acids is 1. The molecule has 0 aliphatic carbocycles. The predicted octanol–water partition coefficient (Wildman–Crippen LogP) is 3.63. The fourth-order valence-electron chi connectivity index (χ4n) is 2.39. The van der Waals surface area contributed by atoms with Crippen molar-refractivity contribution in [3.63, 3.8) is 0 Å². The zero-order chi connectivity index (χ0) is 19.3. The third-order valence-electron chi connectivity index (χ3n) is 3.66. The van der Waals surface area contributed by atoms with E-state index in [0.29, 0.717) is 18.1 Å². The van der Waals surface area contributed by atoms with E-state index in [9.17, 15) is 28.1 Å². The van der Waals surface area contributed by atoms with Crippen LogP contribution in [-0.2, 0) is 12.6 Å². The second-order valence-corrected chi connectivity index (χ2v) is 5.44. The second-order valence-electron chi connectivity index (χ2n) is 5.44. The van der Waals surface area contributed by atoms with Crippen LogP contribution in [0.3, 0.4) is 0 Å². The maximum atomic E-state index is 13.1. The first-order valence-corrected chi connectivity index (χ1v) is 7.63. The number of nitro benzene ring substituents is 1. The van der Waals surface area contributed by atoms with Gasteiger partial charge in [-0.25, -0.2) is 0 Å². The molecule has 0 fully saturated rings. The molecule has 26 heavy (non-hydrogen) atoms. The van der Waals surface area contributed by atoms with Gasteiger partial charge in [-0.3, -0.25) is 14.9 Å². The number of halogens is 3. The second kappa shape index (κ2) is 7.85. The summed E-state index contributed by atoms with van der Waals surface area (Å²) in [5, 5.41) is 15.8. The van der Waals surface area contributed by atoms with Gasteiger partial charge in [-0.2, -0.15) is 13.2 Å². The van der Waals surface area contributed by atoms with Crippen molar-refractivity contribution in [2.75, 3.05) is 18.9 Å². The minimum Gasteiger partial charge on any atom is -0.384 e. The minimum absolute atomic E-state index is 0.165. The molecule has 0 atom stereocenters. The monoisotopic (exact) mass is 367 g/mol. The first kappa shape index (κ1) is 19.2. The van der Waals surface area contributed by atoms with Gasteiger partial charge in [-0.15, -0.1) is 0 Å². The normalized spacial score (nSPS) is 11.1. The highest BCUT2D eigenvalue weighted by Crippen LogP contribution is 2.37. The van der Waals surface area contributed by atoms with Crippen molar-refractivity contribution in [2.24, 2.45) is 0 Å². The lowest BCUT2D eigenvalue weighted by Gasteiger charge is -2.14. The summed E-state index contributed by atoms with van der Waals surface area (Å²) in [5.41, 5.74) is -0.720. The third kappa shape index (κ3) is 4.71. The van der Waals surface area contributed by atoms with Crippen molar-refractivity contribution < 1.29 is 22.9 Å². The standard InChI is InChI=1S/C17H16F3N3O3/c1-21-16(24)12-4-2-3-11(9-12)7-8-22-15-6-5-13(23(25)26)10-14(15)17(18,19)20/h2-6,9-10,22H,7-8H2,1H3,(H,21,24). The number of nitrogens with one attached hydrogen (secondary N) is 2. The van der Waals surface area contributed by atoms with Crippen molar-refractivity contribution in [1.82, 2.24) is 5.32 Å². The van der Waals surface area contributed by atoms with E-state index in [4.69, 9.17) is 0 Å². The maximum Gasteiger partial charge on any atom is 0.418 e. The molecule has 0 heterocycles. The van der Waals surface area contributed by atoms with Crippen LogP contribution in [0.15, 0.2) is 42.5 Å². The molecular formula is C17H16F3N3O3. The number of non-ortho nitro benzene ring substituents is 1. The Balaban J connectivity index is 2.12. The van der Waals surface area contributed by atoms with E-state index in [-0.39, 0.29) is 18.1 Å². The van der Waals surface area contributed by atoms with Crippen LogP contribution in [0.25, 0.3) is 0 Å². The number of alkyl halides is 3. The van der Waals surface area contributed by atoms with Crippen molar-refractivity contribution in [2.45, 2.75) is 12.6 Å². The molecule has 0 bridgehead atoms. The van der Waals surface area contributed by atoms with E-state index in [2.05, 4.69) is 10.6 Å². The van der Waals surface area contributed by atoms with Crippen molar-refractivity contribution in [1.29, 1.82) is 0 Å². The van der Waals surface area contributed by atoms with Gasteiger partial charge in [0.05, 0.1) is 10.5 Å². The van der Waals surface area contributed by atoms with Crippen molar-refractivity contribution >= 4 is 17.3 Å². The molecule has 2 N–H and O–H groups in total. The highest BCUT2D eigenvalue weighted by molar-refractivity contribution is 5.94. The predicted molar refractivity (Wildman–Crippen MR) is 90.1 cm³/mol. The lowest BCUT2D eigenvalue weighted by molar-refractivity contribution is -0.385. The first-order valence-electron chi connectivity index (χ1n) is 7.63. The average molecular weight is 367 g/mol. The van der Waals surface area contributed by atoms with E-state index in [1.165, 1.54) is 7.05 Å². The Kier molecular flexibility index (Phi) is 5.81. The van der Waals surface area contributed by atoms with Gasteiger partial charge >= 0.3 is 6.18 Å². The van der Waals surface area contributed by atoms with Gasteiger partial charge in [0.1, 0.15) is 0 Å². The maximum absolute atomic E-state index is 13.1. The SMILES string of the molecule is CNC(=O)c1cccc(CCNc2ccc([N+](=O)[O-])cc2C(F)(F)F)c1. The quantitative estimate of drug-likeness (QED) is 0.603.